The van der Waals surface area contributed by atoms with Crippen molar-refractivity contribution in [1.82, 2.24) is 15.0 Å². The lowest BCUT2D eigenvalue weighted by Crippen LogP contribution is -2.37. The highest BCUT2D eigenvalue weighted by molar-refractivity contribution is 5.76. The van der Waals surface area contributed by atoms with Crippen LogP contribution in [-0.4, -0.2) is 44.8 Å². The molecule has 0 amide bonds. The Kier molecular flexibility index (Phi) is 10.1. The summed E-state index contributed by atoms with van der Waals surface area (Å²) in [4.78, 5) is 23.7. The third-order valence-electron chi connectivity index (χ3n) is 6.11. The van der Waals surface area contributed by atoms with Gasteiger partial charge in [-0.05, 0) is 80.1 Å². The van der Waals surface area contributed by atoms with Crippen LogP contribution in [0.25, 0.3) is 0 Å². The Hall–Kier alpha value is -5.28. The van der Waals surface area contributed by atoms with Gasteiger partial charge in [-0.2, -0.15) is 41.3 Å². The Morgan fingerprint density at radius 3 is 1.80 bits per heavy atom. The van der Waals surface area contributed by atoms with Crippen LogP contribution in [0.2, 0.25) is 0 Å². The summed E-state index contributed by atoms with van der Waals surface area (Å²) < 4.78 is 94.2. The number of aliphatic carboxylic acids is 1. The number of anilines is 3. The summed E-state index contributed by atoms with van der Waals surface area (Å²) in [7, 11) is 0. The van der Waals surface area contributed by atoms with Gasteiger partial charge in [0.05, 0.1) is 11.1 Å². The van der Waals surface area contributed by atoms with Gasteiger partial charge >= 0.3 is 24.3 Å². The van der Waals surface area contributed by atoms with Crippen LogP contribution in [0.5, 0.6) is 17.5 Å². The summed E-state index contributed by atoms with van der Waals surface area (Å²) in [6.07, 6.45) is -9.00. The number of carboxylic acids is 1. The van der Waals surface area contributed by atoms with Gasteiger partial charge in [-0.1, -0.05) is 12.1 Å². The van der Waals surface area contributed by atoms with Crippen molar-refractivity contribution < 1.29 is 50.5 Å². The van der Waals surface area contributed by atoms with Crippen molar-refractivity contribution in [2.24, 2.45) is 0 Å². The molecule has 3 N–H and O–H groups in total. The van der Waals surface area contributed by atoms with Crippen molar-refractivity contribution in [3.05, 3.63) is 89.5 Å². The number of alkyl halides is 6. The number of halogens is 6. The molecule has 244 valence electrons. The van der Waals surface area contributed by atoms with Crippen LogP contribution < -0.4 is 24.8 Å². The minimum atomic E-state index is -4.52. The number of hydrogen-bond acceptors (Lipinski definition) is 9. The van der Waals surface area contributed by atoms with Crippen molar-refractivity contribution in [2.75, 3.05) is 23.8 Å². The number of nitrogens with one attached hydrogen (secondary N) is 2. The van der Waals surface area contributed by atoms with Gasteiger partial charge in [0.15, 0.2) is 5.60 Å². The second kappa shape index (κ2) is 13.8. The summed E-state index contributed by atoms with van der Waals surface area (Å²) in [5, 5.41) is 14.8. The van der Waals surface area contributed by atoms with Gasteiger partial charge in [0.25, 0.3) is 0 Å². The maximum atomic E-state index is 12.9. The van der Waals surface area contributed by atoms with E-state index in [1.807, 2.05) is 0 Å². The molecule has 0 saturated heterocycles. The summed E-state index contributed by atoms with van der Waals surface area (Å²) in [5.74, 6) is -0.478. The largest absolute Gasteiger partial charge is 0.490 e. The number of ether oxygens (including phenoxy) is 3. The van der Waals surface area contributed by atoms with E-state index >= 15 is 0 Å². The molecule has 1 aromatic heterocycles. The van der Waals surface area contributed by atoms with Gasteiger partial charge < -0.3 is 30.0 Å². The van der Waals surface area contributed by atoms with Crippen LogP contribution in [0.15, 0.2) is 72.8 Å². The minimum absolute atomic E-state index is 0.0277. The molecule has 16 heteroatoms. The van der Waals surface area contributed by atoms with E-state index in [4.69, 9.17) is 14.2 Å². The van der Waals surface area contributed by atoms with Gasteiger partial charge in [0.2, 0.25) is 11.9 Å². The zero-order valence-electron chi connectivity index (χ0n) is 24.2. The van der Waals surface area contributed by atoms with Crippen molar-refractivity contribution in [3.63, 3.8) is 0 Å². The number of nitrogens with zero attached hydrogens (tertiary/aromatic N) is 3. The Labute approximate surface area is 258 Å². The third kappa shape index (κ3) is 9.61. The molecule has 0 aliphatic heterocycles. The molecule has 0 atom stereocenters. The smallest absolute Gasteiger partial charge is 0.416 e. The third-order valence-corrected chi connectivity index (χ3v) is 6.11. The summed E-state index contributed by atoms with van der Waals surface area (Å²) in [6.45, 7) is 2.85. The van der Waals surface area contributed by atoms with Crippen molar-refractivity contribution in [3.8, 4) is 17.5 Å². The molecular weight excluding hydrogens is 624 g/mol. The molecular formula is C30H27F6N5O5. The fourth-order valence-electron chi connectivity index (χ4n) is 3.66. The molecule has 0 aliphatic rings. The molecule has 0 saturated carbocycles. The second-order valence-electron chi connectivity index (χ2n) is 10.1. The zero-order valence-corrected chi connectivity index (χ0v) is 24.2. The molecule has 46 heavy (non-hydrogen) atoms. The number of rotatable bonds is 13. The lowest BCUT2D eigenvalue weighted by molar-refractivity contribution is -0.152. The van der Waals surface area contributed by atoms with E-state index < -0.39 is 35.0 Å². The first-order valence-corrected chi connectivity index (χ1v) is 13.5. The van der Waals surface area contributed by atoms with Crippen molar-refractivity contribution in [1.29, 1.82) is 0 Å². The highest BCUT2D eigenvalue weighted by atomic mass is 19.4. The van der Waals surface area contributed by atoms with Gasteiger partial charge in [-0.15, -0.1) is 0 Å². The Bertz CT molecular complexity index is 1610. The highest BCUT2D eigenvalue weighted by Gasteiger charge is 2.31. The minimum Gasteiger partial charge on any atom is -0.490 e. The standard InChI is InChI=1S/C30H27F6N5O5/c1-28(2,24(42)43)46-23-13-11-22(12-14-23)44-15-16-45-27-40-25(37-17-18-3-5-19(6-4-18)29(31,32)33)39-26(41-27)38-21-9-7-20(8-10-21)30(34,35)36/h3-14H,15-17H2,1-2H3,(H,42,43)(H2,37,38,39,40,41). The molecule has 0 fully saturated rings. The van der Waals surface area contributed by atoms with Gasteiger partial charge in [-0.25, -0.2) is 4.79 Å². The highest BCUT2D eigenvalue weighted by Crippen LogP contribution is 2.31. The molecule has 0 spiro atoms. The van der Waals surface area contributed by atoms with Crippen LogP contribution in [0.1, 0.15) is 30.5 Å². The summed E-state index contributed by atoms with van der Waals surface area (Å²) >= 11 is 0. The van der Waals surface area contributed by atoms with E-state index in [1.54, 1.807) is 24.3 Å². The average molecular weight is 652 g/mol. The summed E-state index contributed by atoms with van der Waals surface area (Å²) in [5.41, 5.74) is -2.34. The van der Waals surface area contributed by atoms with Crippen LogP contribution in [0, 0.1) is 0 Å². The first-order chi connectivity index (χ1) is 21.6. The monoisotopic (exact) mass is 651 g/mol. The molecule has 0 radical (unpaired) electrons. The predicted octanol–water partition coefficient (Wildman–Crippen LogP) is 6.96. The molecule has 4 aromatic rings. The Morgan fingerprint density at radius 1 is 0.717 bits per heavy atom. The molecule has 10 nitrogen and oxygen atoms in total. The number of benzene rings is 3. The maximum Gasteiger partial charge on any atom is 0.416 e. The van der Waals surface area contributed by atoms with Gasteiger partial charge in [0.1, 0.15) is 24.7 Å². The number of carboxylic acid groups (broad SMARTS) is 1. The quantitative estimate of drug-likeness (QED) is 0.103. The average Bonchev–Trinajstić information content (AvgIpc) is 2.98. The van der Waals surface area contributed by atoms with E-state index in [0.717, 1.165) is 24.3 Å². The van der Waals surface area contributed by atoms with Gasteiger partial charge in [-0.3, -0.25) is 0 Å². The first kappa shape index (κ1) is 33.6. The Balaban J connectivity index is 1.42. The molecule has 4 rings (SSSR count). The van der Waals surface area contributed by atoms with Crippen LogP contribution in [-0.2, 0) is 23.7 Å². The normalized spacial score (nSPS) is 11.9. The van der Waals surface area contributed by atoms with Crippen LogP contribution in [0.3, 0.4) is 0 Å². The SMILES string of the molecule is CC(C)(Oc1ccc(OCCOc2nc(NCc3ccc(C(F)(F)F)cc3)nc(Nc3ccc(C(F)(F)F)cc3)n2)cc1)C(=O)O. The first-order valence-electron chi connectivity index (χ1n) is 13.5. The topological polar surface area (TPSA) is 128 Å². The Morgan fingerprint density at radius 2 is 1.24 bits per heavy atom. The number of hydrogen-bond donors (Lipinski definition) is 3. The van der Waals surface area contributed by atoms with E-state index in [0.29, 0.717) is 17.1 Å². The van der Waals surface area contributed by atoms with Crippen LogP contribution in [0.4, 0.5) is 43.9 Å². The predicted molar refractivity (Wildman–Crippen MR) is 153 cm³/mol. The number of aromatic nitrogens is 3. The zero-order chi connectivity index (χ0) is 33.5. The second-order valence-corrected chi connectivity index (χ2v) is 10.1. The molecule has 0 unspecified atom stereocenters. The fourth-order valence-corrected chi connectivity index (χ4v) is 3.66. The lowest BCUT2D eigenvalue weighted by Gasteiger charge is -2.21. The van der Waals surface area contributed by atoms with Gasteiger partial charge in [0, 0.05) is 12.2 Å². The fraction of sp³-hybridized carbons (Fsp3) is 0.267. The van der Waals surface area contributed by atoms with E-state index in [9.17, 15) is 36.2 Å². The summed E-state index contributed by atoms with van der Waals surface area (Å²) in [6, 6.07) is 14.7. The van der Waals surface area contributed by atoms with Crippen LogP contribution >= 0.6 is 0 Å². The van der Waals surface area contributed by atoms with Crippen molar-refractivity contribution in [2.45, 2.75) is 38.3 Å². The molecule has 1 heterocycles. The lowest BCUT2D eigenvalue weighted by atomic mass is 10.1. The maximum absolute atomic E-state index is 12.9. The van der Waals surface area contributed by atoms with Crippen molar-refractivity contribution >= 4 is 23.6 Å². The molecule has 0 aliphatic carbocycles. The van der Waals surface area contributed by atoms with E-state index in [2.05, 4.69) is 25.6 Å². The number of carbonyl (C=O) groups is 1. The molecule has 0 bridgehead atoms. The van der Waals surface area contributed by atoms with E-state index in [-0.39, 0.29) is 43.4 Å². The molecule has 3 aromatic carbocycles. The van der Waals surface area contributed by atoms with E-state index in [1.165, 1.54) is 38.1 Å².